The van der Waals surface area contributed by atoms with Crippen molar-refractivity contribution in [1.29, 1.82) is 0 Å². The number of carbonyl (C=O) groups excluding carboxylic acids is 1. The summed E-state index contributed by atoms with van der Waals surface area (Å²) in [4.78, 5) is 18.6. The van der Waals surface area contributed by atoms with E-state index >= 15 is 0 Å². The summed E-state index contributed by atoms with van der Waals surface area (Å²) in [6.07, 6.45) is 1.72. The van der Waals surface area contributed by atoms with E-state index in [0.717, 1.165) is 19.6 Å². The highest BCUT2D eigenvalue weighted by Crippen LogP contribution is 2.27. The summed E-state index contributed by atoms with van der Waals surface area (Å²) >= 11 is 0. The minimum atomic E-state index is -0.306. The molecule has 1 N–H and O–H groups in total. The monoisotopic (exact) mass is 263 g/mol. The number of nitrogens with one attached hydrogen (secondary N) is 1. The van der Waals surface area contributed by atoms with Crippen molar-refractivity contribution in [3.8, 4) is 0 Å². The topological polar surface area (TPSA) is 54.5 Å². The molecule has 0 aromatic carbocycles. The maximum Gasteiger partial charge on any atom is 0.341 e. The Morgan fingerprint density at radius 1 is 1.58 bits per heavy atom. The molecule has 0 saturated carbocycles. The summed E-state index contributed by atoms with van der Waals surface area (Å²) in [6, 6.07) is 3.55. The lowest BCUT2D eigenvalue weighted by Crippen LogP contribution is -2.58. The summed E-state index contributed by atoms with van der Waals surface area (Å²) in [5.74, 6) is 0.410. The van der Waals surface area contributed by atoms with Crippen LogP contribution in [0, 0.1) is 0 Å². The molecule has 0 unspecified atom stereocenters. The van der Waals surface area contributed by atoms with Gasteiger partial charge in [-0.05, 0) is 32.9 Å². The van der Waals surface area contributed by atoms with Gasteiger partial charge in [0.25, 0.3) is 0 Å². The number of carbonyl (C=O) groups is 1. The van der Waals surface area contributed by atoms with Gasteiger partial charge in [-0.2, -0.15) is 0 Å². The van der Waals surface area contributed by atoms with Crippen LogP contribution >= 0.6 is 0 Å². The maximum absolute atomic E-state index is 12.0. The highest BCUT2D eigenvalue weighted by molar-refractivity contribution is 5.95. The van der Waals surface area contributed by atoms with Crippen LogP contribution in [-0.2, 0) is 4.74 Å². The van der Waals surface area contributed by atoms with Gasteiger partial charge in [-0.1, -0.05) is 0 Å². The van der Waals surface area contributed by atoms with Gasteiger partial charge in [-0.3, -0.25) is 0 Å². The Kier molecular flexibility index (Phi) is 4.04. The molecule has 1 aromatic heterocycles. The molecule has 19 heavy (non-hydrogen) atoms. The molecule has 0 spiro atoms. The van der Waals surface area contributed by atoms with Gasteiger partial charge in [-0.25, -0.2) is 9.78 Å². The standard InChI is InChI=1S/C14H21N3O2/c1-4-19-13(18)11-6-5-7-16-12(11)17-9-8-15-10-14(17,2)3/h5-7,15H,4,8-10H2,1-3H3. The molecular weight excluding hydrogens is 242 g/mol. The third-order valence-corrected chi connectivity index (χ3v) is 3.34. The molecule has 1 fully saturated rings. The van der Waals surface area contributed by atoms with Crippen molar-refractivity contribution in [3.05, 3.63) is 23.9 Å². The number of rotatable bonds is 3. The summed E-state index contributed by atoms with van der Waals surface area (Å²) < 4.78 is 5.11. The minimum Gasteiger partial charge on any atom is -0.462 e. The average Bonchev–Trinajstić information content (AvgIpc) is 2.38. The molecule has 5 heteroatoms. The van der Waals surface area contributed by atoms with Crippen LogP contribution in [0.3, 0.4) is 0 Å². The Hall–Kier alpha value is -1.62. The molecule has 1 saturated heterocycles. The van der Waals surface area contributed by atoms with Gasteiger partial charge < -0.3 is 15.0 Å². The predicted octanol–water partition coefficient (Wildman–Crippen LogP) is 1.45. The second kappa shape index (κ2) is 5.57. The second-order valence-corrected chi connectivity index (χ2v) is 5.24. The fourth-order valence-electron chi connectivity index (χ4n) is 2.36. The Labute approximate surface area is 114 Å². The Balaban J connectivity index is 2.36. The fourth-order valence-corrected chi connectivity index (χ4v) is 2.36. The number of esters is 1. The number of nitrogens with zero attached hydrogens (tertiary/aromatic N) is 2. The van der Waals surface area contributed by atoms with E-state index in [4.69, 9.17) is 4.74 Å². The van der Waals surface area contributed by atoms with E-state index in [0.29, 0.717) is 18.0 Å². The molecule has 2 heterocycles. The molecule has 1 aliphatic heterocycles. The maximum atomic E-state index is 12.0. The third kappa shape index (κ3) is 2.87. The van der Waals surface area contributed by atoms with E-state index in [2.05, 4.69) is 29.0 Å². The van der Waals surface area contributed by atoms with Crippen LogP contribution in [0.1, 0.15) is 31.1 Å². The Bertz CT molecular complexity index is 460. The Morgan fingerprint density at radius 3 is 3.05 bits per heavy atom. The zero-order valence-corrected chi connectivity index (χ0v) is 11.8. The number of ether oxygens (including phenoxy) is 1. The lowest BCUT2D eigenvalue weighted by atomic mass is 9.99. The first-order chi connectivity index (χ1) is 9.06. The molecule has 0 radical (unpaired) electrons. The van der Waals surface area contributed by atoms with Gasteiger partial charge in [0.05, 0.1) is 6.61 Å². The van der Waals surface area contributed by atoms with Gasteiger partial charge in [0, 0.05) is 31.4 Å². The van der Waals surface area contributed by atoms with Crippen molar-refractivity contribution in [3.63, 3.8) is 0 Å². The highest BCUT2D eigenvalue weighted by atomic mass is 16.5. The van der Waals surface area contributed by atoms with Crippen LogP contribution in [0.25, 0.3) is 0 Å². The molecule has 5 nitrogen and oxygen atoms in total. The molecule has 104 valence electrons. The summed E-state index contributed by atoms with van der Waals surface area (Å²) in [7, 11) is 0. The average molecular weight is 263 g/mol. The second-order valence-electron chi connectivity index (χ2n) is 5.24. The van der Waals surface area contributed by atoms with E-state index in [1.165, 1.54) is 0 Å². The fraction of sp³-hybridized carbons (Fsp3) is 0.571. The molecule has 2 rings (SSSR count). The van der Waals surface area contributed by atoms with E-state index < -0.39 is 0 Å². The lowest BCUT2D eigenvalue weighted by Gasteiger charge is -2.44. The minimum absolute atomic E-state index is 0.0755. The summed E-state index contributed by atoms with van der Waals surface area (Å²) in [6.45, 7) is 9.05. The summed E-state index contributed by atoms with van der Waals surface area (Å²) in [5.41, 5.74) is 0.465. The van der Waals surface area contributed by atoms with Crippen molar-refractivity contribution >= 4 is 11.8 Å². The molecule has 1 aliphatic rings. The highest BCUT2D eigenvalue weighted by Gasteiger charge is 2.33. The number of hydrogen-bond acceptors (Lipinski definition) is 5. The molecule has 0 aliphatic carbocycles. The van der Waals surface area contributed by atoms with Gasteiger partial charge in [-0.15, -0.1) is 0 Å². The smallest absolute Gasteiger partial charge is 0.341 e. The largest absolute Gasteiger partial charge is 0.462 e. The molecule has 1 aromatic rings. The zero-order valence-electron chi connectivity index (χ0n) is 11.8. The van der Waals surface area contributed by atoms with E-state index in [1.807, 2.05) is 6.92 Å². The van der Waals surface area contributed by atoms with Crippen molar-refractivity contribution in [2.24, 2.45) is 0 Å². The van der Waals surface area contributed by atoms with Crippen LogP contribution < -0.4 is 10.2 Å². The third-order valence-electron chi connectivity index (χ3n) is 3.34. The van der Waals surface area contributed by atoms with E-state index in [9.17, 15) is 4.79 Å². The first-order valence-electron chi connectivity index (χ1n) is 6.67. The SMILES string of the molecule is CCOC(=O)c1cccnc1N1CCNCC1(C)C. The zero-order chi connectivity index (χ0) is 13.9. The number of hydrogen-bond donors (Lipinski definition) is 1. The number of pyridine rings is 1. The van der Waals surface area contributed by atoms with Gasteiger partial charge in [0.15, 0.2) is 0 Å². The van der Waals surface area contributed by atoms with E-state index in [1.54, 1.807) is 18.3 Å². The van der Waals surface area contributed by atoms with Crippen LogP contribution in [0.5, 0.6) is 0 Å². The first kappa shape index (κ1) is 13.8. The van der Waals surface area contributed by atoms with Crippen LogP contribution in [-0.4, -0.2) is 42.7 Å². The number of aromatic nitrogens is 1. The van der Waals surface area contributed by atoms with Crippen LogP contribution in [0.15, 0.2) is 18.3 Å². The predicted molar refractivity (Wildman–Crippen MR) is 74.5 cm³/mol. The van der Waals surface area contributed by atoms with Crippen molar-refractivity contribution < 1.29 is 9.53 Å². The van der Waals surface area contributed by atoms with Crippen molar-refractivity contribution in [2.75, 3.05) is 31.1 Å². The molecule has 0 atom stereocenters. The van der Waals surface area contributed by atoms with Crippen LogP contribution in [0.4, 0.5) is 5.82 Å². The van der Waals surface area contributed by atoms with Gasteiger partial charge in [0.1, 0.15) is 11.4 Å². The Morgan fingerprint density at radius 2 is 2.37 bits per heavy atom. The molecule has 0 amide bonds. The number of piperazine rings is 1. The quantitative estimate of drug-likeness (QED) is 0.836. The van der Waals surface area contributed by atoms with Crippen molar-refractivity contribution in [1.82, 2.24) is 10.3 Å². The van der Waals surface area contributed by atoms with Crippen LogP contribution in [0.2, 0.25) is 0 Å². The van der Waals surface area contributed by atoms with Crippen molar-refractivity contribution in [2.45, 2.75) is 26.3 Å². The van der Waals surface area contributed by atoms with Gasteiger partial charge in [0.2, 0.25) is 0 Å². The molecule has 0 bridgehead atoms. The first-order valence-corrected chi connectivity index (χ1v) is 6.67. The van der Waals surface area contributed by atoms with Gasteiger partial charge >= 0.3 is 5.97 Å². The normalized spacial score (nSPS) is 18.2. The van der Waals surface area contributed by atoms with E-state index in [-0.39, 0.29) is 11.5 Å². The summed E-state index contributed by atoms with van der Waals surface area (Å²) in [5, 5.41) is 3.36. The number of anilines is 1. The lowest BCUT2D eigenvalue weighted by molar-refractivity contribution is 0.0526. The molecular formula is C14H21N3O2.